The Morgan fingerprint density at radius 1 is 1.29 bits per heavy atom. The van der Waals surface area contributed by atoms with Crippen molar-refractivity contribution in [3.05, 3.63) is 28.8 Å². The van der Waals surface area contributed by atoms with Crippen molar-refractivity contribution in [1.29, 1.82) is 0 Å². The van der Waals surface area contributed by atoms with Gasteiger partial charge in [0.1, 0.15) is 11.3 Å². The fourth-order valence-corrected chi connectivity index (χ4v) is 2.61. The molecule has 21 heavy (non-hydrogen) atoms. The van der Waals surface area contributed by atoms with Crippen LogP contribution in [-0.2, 0) is 15.3 Å². The average molecular weight is 294 g/mol. The molecule has 1 heterocycles. The number of ether oxygens (including phenoxy) is 3. The normalized spacial score (nSPS) is 20.9. The van der Waals surface area contributed by atoms with Crippen molar-refractivity contribution < 1.29 is 28.9 Å². The molecule has 1 N–H and O–H groups in total. The molecule has 0 fully saturated rings. The highest BCUT2D eigenvalue weighted by atomic mass is 16.7. The number of hydrogen-bond acceptors (Lipinski definition) is 5. The van der Waals surface area contributed by atoms with Gasteiger partial charge in [-0.15, -0.1) is 0 Å². The van der Waals surface area contributed by atoms with Crippen LogP contribution in [0.5, 0.6) is 5.75 Å². The third-order valence-electron chi connectivity index (χ3n) is 3.66. The second kappa shape index (κ2) is 4.73. The zero-order valence-electron chi connectivity index (χ0n) is 12.6. The molecule has 0 amide bonds. The van der Waals surface area contributed by atoms with E-state index in [0.717, 1.165) is 0 Å². The standard InChI is InChI=1S/C15H18O6/c1-14(2,3)15(20-5)10-6-9(12(16)17)11(19-4)7-8(10)13(18)21-15/h6-7H,1-5H3,(H,16,17). The number of carbonyl (C=O) groups is 2. The molecule has 0 saturated heterocycles. The zero-order valence-corrected chi connectivity index (χ0v) is 12.6. The lowest BCUT2D eigenvalue weighted by atomic mass is 9.80. The molecule has 0 aliphatic carbocycles. The van der Waals surface area contributed by atoms with Crippen molar-refractivity contribution in [2.24, 2.45) is 5.41 Å². The Labute approximate surface area is 122 Å². The molecule has 0 bridgehead atoms. The van der Waals surface area contributed by atoms with Crippen molar-refractivity contribution in [2.45, 2.75) is 26.6 Å². The van der Waals surface area contributed by atoms with E-state index in [9.17, 15) is 14.7 Å². The van der Waals surface area contributed by atoms with E-state index in [-0.39, 0.29) is 16.9 Å². The van der Waals surface area contributed by atoms with Gasteiger partial charge in [0.25, 0.3) is 0 Å². The Morgan fingerprint density at radius 3 is 2.33 bits per heavy atom. The summed E-state index contributed by atoms with van der Waals surface area (Å²) in [6.07, 6.45) is 0. The summed E-state index contributed by atoms with van der Waals surface area (Å²) >= 11 is 0. The molecule has 0 aromatic heterocycles. The van der Waals surface area contributed by atoms with Gasteiger partial charge in [-0.05, 0) is 12.1 Å². The Balaban J connectivity index is 2.78. The van der Waals surface area contributed by atoms with E-state index in [0.29, 0.717) is 5.56 Å². The number of fused-ring (bicyclic) bond motifs is 1. The van der Waals surface area contributed by atoms with E-state index in [4.69, 9.17) is 14.2 Å². The summed E-state index contributed by atoms with van der Waals surface area (Å²) in [5.41, 5.74) is 0.0436. The van der Waals surface area contributed by atoms with Crippen LogP contribution in [0.1, 0.15) is 47.1 Å². The molecule has 114 valence electrons. The average Bonchev–Trinajstić information content (AvgIpc) is 2.70. The second-order valence-electron chi connectivity index (χ2n) is 5.86. The zero-order chi connectivity index (χ0) is 16.0. The molecule has 6 nitrogen and oxygen atoms in total. The van der Waals surface area contributed by atoms with E-state index in [1.807, 2.05) is 20.8 Å². The highest BCUT2D eigenvalue weighted by Gasteiger charge is 2.55. The number of benzene rings is 1. The molecule has 1 atom stereocenters. The smallest absolute Gasteiger partial charge is 0.341 e. The lowest BCUT2D eigenvalue weighted by Crippen LogP contribution is -2.42. The molecule has 1 aromatic carbocycles. The first kappa shape index (κ1) is 15.3. The van der Waals surface area contributed by atoms with Gasteiger partial charge in [-0.2, -0.15) is 0 Å². The van der Waals surface area contributed by atoms with Crippen LogP contribution in [0.3, 0.4) is 0 Å². The fraction of sp³-hybridized carbons (Fsp3) is 0.467. The molecule has 6 heteroatoms. The number of carboxylic acids is 1. The summed E-state index contributed by atoms with van der Waals surface area (Å²) in [6, 6.07) is 2.77. The van der Waals surface area contributed by atoms with Gasteiger partial charge in [0.2, 0.25) is 5.79 Å². The Morgan fingerprint density at radius 2 is 1.90 bits per heavy atom. The van der Waals surface area contributed by atoms with Crippen LogP contribution in [-0.4, -0.2) is 31.3 Å². The minimum Gasteiger partial charge on any atom is -0.496 e. The minimum atomic E-state index is -1.32. The van der Waals surface area contributed by atoms with Gasteiger partial charge in [-0.25, -0.2) is 9.59 Å². The Kier molecular flexibility index (Phi) is 3.45. The molecule has 2 rings (SSSR count). The van der Waals surface area contributed by atoms with E-state index in [1.54, 1.807) is 0 Å². The topological polar surface area (TPSA) is 82.1 Å². The first-order chi connectivity index (χ1) is 9.67. The number of carbonyl (C=O) groups excluding carboxylic acids is 1. The van der Waals surface area contributed by atoms with Crippen LogP contribution in [0, 0.1) is 5.41 Å². The van der Waals surface area contributed by atoms with Crippen LogP contribution in [0.15, 0.2) is 12.1 Å². The predicted molar refractivity (Wildman–Crippen MR) is 73.5 cm³/mol. The van der Waals surface area contributed by atoms with Crippen molar-refractivity contribution in [1.82, 2.24) is 0 Å². The highest BCUT2D eigenvalue weighted by Crippen LogP contribution is 2.50. The summed E-state index contributed by atoms with van der Waals surface area (Å²) in [4.78, 5) is 23.5. The van der Waals surface area contributed by atoms with Crippen LogP contribution < -0.4 is 4.74 Å². The first-order valence-electron chi connectivity index (χ1n) is 6.42. The predicted octanol–water partition coefficient (Wildman–Crippen LogP) is 2.41. The molecule has 1 unspecified atom stereocenters. The largest absolute Gasteiger partial charge is 0.496 e. The van der Waals surface area contributed by atoms with Gasteiger partial charge < -0.3 is 19.3 Å². The number of aromatic carboxylic acids is 1. The number of hydrogen-bond donors (Lipinski definition) is 1. The molecule has 1 aliphatic rings. The van der Waals surface area contributed by atoms with E-state index >= 15 is 0 Å². The van der Waals surface area contributed by atoms with E-state index in [1.165, 1.54) is 26.4 Å². The van der Waals surface area contributed by atoms with Crippen molar-refractivity contribution in [2.75, 3.05) is 14.2 Å². The third-order valence-corrected chi connectivity index (χ3v) is 3.66. The van der Waals surface area contributed by atoms with Crippen molar-refractivity contribution >= 4 is 11.9 Å². The summed E-state index contributed by atoms with van der Waals surface area (Å²) in [7, 11) is 2.78. The maximum absolute atomic E-state index is 12.1. The lowest BCUT2D eigenvalue weighted by Gasteiger charge is -2.39. The maximum Gasteiger partial charge on any atom is 0.341 e. The van der Waals surface area contributed by atoms with Crippen LogP contribution in [0.25, 0.3) is 0 Å². The van der Waals surface area contributed by atoms with Gasteiger partial charge in [-0.3, -0.25) is 0 Å². The molecular formula is C15H18O6. The molecule has 1 aromatic rings. The molecular weight excluding hydrogens is 276 g/mol. The molecule has 0 saturated carbocycles. The van der Waals surface area contributed by atoms with Crippen LogP contribution >= 0.6 is 0 Å². The summed E-state index contributed by atoms with van der Waals surface area (Å²) in [5, 5.41) is 9.29. The summed E-state index contributed by atoms with van der Waals surface area (Å²) in [5.74, 6) is -2.92. The van der Waals surface area contributed by atoms with Gasteiger partial charge in [0.05, 0.1) is 12.7 Å². The number of methoxy groups -OCH3 is 2. The highest BCUT2D eigenvalue weighted by molar-refractivity contribution is 5.99. The number of esters is 1. The van der Waals surface area contributed by atoms with Crippen molar-refractivity contribution in [3.8, 4) is 5.75 Å². The molecule has 0 radical (unpaired) electrons. The van der Waals surface area contributed by atoms with Crippen LogP contribution in [0.4, 0.5) is 0 Å². The van der Waals surface area contributed by atoms with Crippen molar-refractivity contribution in [3.63, 3.8) is 0 Å². The van der Waals surface area contributed by atoms with E-state index < -0.39 is 23.1 Å². The Hall–Kier alpha value is -2.08. The van der Waals surface area contributed by atoms with E-state index in [2.05, 4.69) is 0 Å². The Bertz CT molecular complexity index is 613. The third kappa shape index (κ3) is 2.06. The number of cyclic esters (lactones) is 1. The minimum absolute atomic E-state index is 0.0415. The number of carboxylic acid groups (broad SMARTS) is 1. The van der Waals surface area contributed by atoms with Gasteiger partial charge in [0, 0.05) is 18.1 Å². The van der Waals surface area contributed by atoms with Gasteiger partial charge in [-0.1, -0.05) is 20.8 Å². The molecule has 0 spiro atoms. The second-order valence-corrected chi connectivity index (χ2v) is 5.86. The quantitative estimate of drug-likeness (QED) is 0.862. The summed E-state index contributed by atoms with van der Waals surface area (Å²) < 4.78 is 16.0. The van der Waals surface area contributed by atoms with Crippen LogP contribution in [0.2, 0.25) is 0 Å². The number of rotatable bonds is 3. The SMILES string of the molecule is COc1cc2c(cc1C(=O)O)C(OC)(C(C)(C)C)OC2=O. The molecule has 1 aliphatic heterocycles. The van der Waals surface area contributed by atoms with Gasteiger partial charge >= 0.3 is 11.9 Å². The fourth-order valence-electron chi connectivity index (χ4n) is 2.61. The van der Waals surface area contributed by atoms with Gasteiger partial charge in [0.15, 0.2) is 0 Å². The first-order valence-corrected chi connectivity index (χ1v) is 6.42. The summed E-state index contributed by atoms with van der Waals surface area (Å²) in [6.45, 7) is 5.55. The lowest BCUT2D eigenvalue weighted by molar-refractivity contribution is -0.247. The monoisotopic (exact) mass is 294 g/mol. The maximum atomic E-state index is 12.1.